The predicted molar refractivity (Wildman–Crippen MR) is 66.8 cm³/mol. The molecule has 96 valence electrons. The van der Waals surface area contributed by atoms with E-state index in [1.165, 1.54) is 18.2 Å². The summed E-state index contributed by atoms with van der Waals surface area (Å²) in [5.41, 5.74) is 0.129. The van der Waals surface area contributed by atoms with Crippen LogP contribution in [0.4, 0.5) is 5.82 Å². The van der Waals surface area contributed by atoms with Gasteiger partial charge in [-0.15, -0.1) is 0 Å². The van der Waals surface area contributed by atoms with Crippen LogP contribution in [-0.4, -0.2) is 23.4 Å². The van der Waals surface area contributed by atoms with E-state index >= 15 is 0 Å². The number of nitriles is 1. The molecular weight excluding hydrogens is 290 g/mol. The first-order valence-corrected chi connectivity index (χ1v) is 6.74. The van der Waals surface area contributed by atoms with Crippen molar-refractivity contribution < 1.29 is 8.42 Å². The van der Waals surface area contributed by atoms with E-state index in [1.54, 1.807) is 6.07 Å². The summed E-state index contributed by atoms with van der Waals surface area (Å²) in [4.78, 5) is 11.0. The second-order valence-corrected chi connectivity index (χ2v) is 5.39. The van der Waals surface area contributed by atoms with Gasteiger partial charge in [-0.25, -0.2) is 23.4 Å². The SMILES string of the molecule is N#Cc1ccc(S(=O)(=O)Nc2cc(Cl)ncn2)cn1. The minimum absolute atomic E-state index is 0.0457. The molecule has 2 heterocycles. The van der Waals surface area contributed by atoms with E-state index in [2.05, 4.69) is 19.7 Å². The molecule has 19 heavy (non-hydrogen) atoms. The number of anilines is 1. The lowest BCUT2D eigenvalue weighted by molar-refractivity contribution is 0.600. The Morgan fingerprint density at radius 2 is 2.05 bits per heavy atom. The van der Waals surface area contributed by atoms with Crippen molar-refractivity contribution in [2.24, 2.45) is 0 Å². The van der Waals surface area contributed by atoms with E-state index in [0.29, 0.717) is 0 Å². The summed E-state index contributed by atoms with van der Waals surface area (Å²) in [6.45, 7) is 0. The molecule has 7 nitrogen and oxygen atoms in total. The van der Waals surface area contributed by atoms with E-state index in [4.69, 9.17) is 16.9 Å². The van der Waals surface area contributed by atoms with Gasteiger partial charge < -0.3 is 0 Å². The van der Waals surface area contributed by atoms with Crippen molar-refractivity contribution in [3.63, 3.8) is 0 Å². The van der Waals surface area contributed by atoms with E-state index in [9.17, 15) is 8.42 Å². The lowest BCUT2D eigenvalue weighted by Gasteiger charge is -2.06. The van der Waals surface area contributed by atoms with Crippen molar-refractivity contribution in [2.75, 3.05) is 4.72 Å². The lowest BCUT2D eigenvalue weighted by atomic mass is 10.4. The van der Waals surface area contributed by atoms with Crippen LogP contribution in [0, 0.1) is 11.3 Å². The quantitative estimate of drug-likeness (QED) is 0.852. The number of hydrogen-bond donors (Lipinski definition) is 1. The van der Waals surface area contributed by atoms with Crippen molar-refractivity contribution in [3.05, 3.63) is 41.6 Å². The van der Waals surface area contributed by atoms with E-state index in [1.807, 2.05) is 0 Å². The Bertz CT molecular complexity index is 739. The highest BCUT2D eigenvalue weighted by molar-refractivity contribution is 7.92. The standard InChI is InChI=1S/C10H6ClN5O2S/c11-9-3-10(15-6-14-9)16-19(17,18)8-2-1-7(4-12)13-5-8/h1-3,5-6H,(H,14,15,16). The number of sulfonamides is 1. The fraction of sp³-hybridized carbons (Fsp3) is 0. The number of aromatic nitrogens is 3. The molecule has 0 aliphatic rings. The van der Waals surface area contributed by atoms with Crippen LogP contribution < -0.4 is 4.72 Å². The van der Waals surface area contributed by atoms with Crippen LogP contribution in [0.25, 0.3) is 0 Å². The average Bonchev–Trinajstić information content (AvgIpc) is 2.38. The Morgan fingerprint density at radius 3 is 2.63 bits per heavy atom. The van der Waals surface area contributed by atoms with Crippen molar-refractivity contribution in [2.45, 2.75) is 4.90 Å². The number of nitrogens with one attached hydrogen (secondary N) is 1. The molecular formula is C10H6ClN5O2S. The number of nitrogens with zero attached hydrogens (tertiary/aromatic N) is 4. The van der Waals surface area contributed by atoms with Gasteiger partial charge in [0.05, 0.1) is 0 Å². The number of pyridine rings is 1. The van der Waals surface area contributed by atoms with Crippen molar-refractivity contribution in [1.82, 2.24) is 15.0 Å². The molecule has 0 saturated heterocycles. The van der Waals surface area contributed by atoms with Crippen LogP contribution >= 0.6 is 11.6 Å². The van der Waals surface area contributed by atoms with Crippen molar-refractivity contribution in [3.8, 4) is 6.07 Å². The maximum Gasteiger partial charge on any atom is 0.264 e. The lowest BCUT2D eigenvalue weighted by Crippen LogP contribution is -2.14. The normalized spacial score (nSPS) is 10.7. The molecule has 0 saturated carbocycles. The summed E-state index contributed by atoms with van der Waals surface area (Å²) < 4.78 is 26.2. The largest absolute Gasteiger partial charge is 0.264 e. The average molecular weight is 296 g/mol. The Hall–Kier alpha value is -2.24. The monoisotopic (exact) mass is 295 g/mol. The molecule has 0 radical (unpaired) electrons. The number of rotatable bonds is 3. The highest BCUT2D eigenvalue weighted by Gasteiger charge is 2.15. The smallest absolute Gasteiger partial charge is 0.263 e. The van der Waals surface area contributed by atoms with Crippen LogP contribution in [0.5, 0.6) is 0 Å². The zero-order valence-corrected chi connectivity index (χ0v) is 10.9. The highest BCUT2D eigenvalue weighted by atomic mass is 35.5. The maximum atomic E-state index is 12.0. The van der Waals surface area contributed by atoms with Gasteiger partial charge in [0.15, 0.2) is 0 Å². The predicted octanol–water partition coefficient (Wildman–Crippen LogP) is 1.20. The second kappa shape index (κ2) is 5.17. The summed E-state index contributed by atoms with van der Waals surface area (Å²) >= 11 is 5.62. The maximum absolute atomic E-state index is 12.0. The van der Waals surface area contributed by atoms with Gasteiger partial charge in [-0.05, 0) is 12.1 Å². The van der Waals surface area contributed by atoms with Gasteiger partial charge in [-0.2, -0.15) is 5.26 Å². The van der Waals surface area contributed by atoms with E-state index < -0.39 is 10.0 Å². The van der Waals surface area contributed by atoms with Crippen molar-refractivity contribution >= 4 is 27.4 Å². The summed E-state index contributed by atoms with van der Waals surface area (Å²) in [5, 5.41) is 8.70. The molecule has 1 N–H and O–H groups in total. The second-order valence-electron chi connectivity index (χ2n) is 3.32. The molecule has 0 aromatic carbocycles. The Morgan fingerprint density at radius 1 is 1.26 bits per heavy atom. The van der Waals surface area contributed by atoms with Crippen LogP contribution in [-0.2, 0) is 10.0 Å². The van der Waals surface area contributed by atoms with Gasteiger partial charge in [0, 0.05) is 12.3 Å². The number of hydrogen-bond acceptors (Lipinski definition) is 6. The Kier molecular flexibility index (Phi) is 3.59. The van der Waals surface area contributed by atoms with Gasteiger partial charge in [0.2, 0.25) is 0 Å². The third-order valence-electron chi connectivity index (χ3n) is 2.03. The molecule has 0 aliphatic heterocycles. The Labute approximate surface area is 114 Å². The summed E-state index contributed by atoms with van der Waals surface area (Å²) in [7, 11) is -3.83. The Balaban J connectivity index is 2.30. The first-order valence-electron chi connectivity index (χ1n) is 4.88. The highest BCUT2D eigenvalue weighted by Crippen LogP contribution is 2.15. The molecule has 9 heteroatoms. The van der Waals surface area contributed by atoms with Crippen LogP contribution in [0.1, 0.15) is 5.69 Å². The van der Waals surface area contributed by atoms with Crippen LogP contribution in [0.3, 0.4) is 0 Å². The molecule has 0 fully saturated rings. The van der Waals surface area contributed by atoms with Crippen LogP contribution in [0.2, 0.25) is 5.15 Å². The van der Waals surface area contributed by atoms with E-state index in [-0.39, 0.29) is 21.6 Å². The minimum atomic E-state index is -3.83. The van der Waals surface area contributed by atoms with Crippen molar-refractivity contribution in [1.29, 1.82) is 5.26 Å². The zero-order chi connectivity index (χ0) is 13.9. The molecule has 2 aromatic rings. The van der Waals surface area contributed by atoms with Gasteiger partial charge in [0.1, 0.15) is 34.0 Å². The van der Waals surface area contributed by atoms with Gasteiger partial charge in [-0.3, -0.25) is 4.72 Å². The van der Waals surface area contributed by atoms with Gasteiger partial charge >= 0.3 is 0 Å². The van der Waals surface area contributed by atoms with Gasteiger partial charge in [-0.1, -0.05) is 11.6 Å². The van der Waals surface area contributed by atoms with Gasteiger partial charge in [0.25, 0.3) is 10.0 Å². The fourth-order valence-corrected chi connectivity index (χ4v) is 2.28. The molecule has 0 spiro atoms. The molecule has 0 amide bonds. The number of halogens is 1. The minimum Gasteiger partial charge on any atom is -0.263 e. The molecule has 0 unspecified atom stereocenters. The molecule has 0 aliphatic carbocycles. The third-order valence-corrected chi connectivity index (χ3v) is 3.58. The first-order chi connectivity index (χ1) is 9.01. The van der Waals surface area contributed by atoms with E-state index in [0.717, 1.165) is 12.5 Å². The molecule has 0 atom stereocenters. The van der Waals surface area contributed by atoms with Crippen LogP contribution in [0.15, 0.2) is 35.6 Å². The topological polar surface area (TPSA) is 109 Å². The molecule has 2 rings (SSSR count). The summed E-state index contributed by atoms with van der Waals surface area (Å²) in [5.74, 6) is 0.0457. The summed E-state index contributed by atoms with van der Waals surface area (Å²) in [6, 6.07) is 5.65. The zero-order valence-electron chi connectivity index (χ0n) is 9.28. The molecule has 2 aromatic heterocycles. The fourth-order valence-electron chi connectivity index (χ4n) is 1.19. The summed E-state index contributed by atoms with van der Waals surface area (Å²) in [6.07, 6.45) is 2.22. The molecule has 0 bridgehead atoms. The first kappa shape index (κ1) is 13.2. The third kappa shape index (κ3) is 3.15.